The maximum Gasteiger partial charge on any atom is 0.0648 e. The molecule has 1 aromatic heterocycles. The third kappa shape index (κ3) is 1.60. The fourth-order valence-electron chi connectivity index (χ4n) is 2.18. The first kappa shape index (κ1) is 10.1. The minimum atomic E-state index is 0.0741. The van der Waals surface area contributed by atoms with Crippen LogP contribution in [0.15, 0.2) is 17.5 Å². The molecule has 0 amide bonds. The number of thiophene rings is 1. The monoisotopic (exact) mass is 210 g/mol. The van der Waals surface area contributed by atoms with E-state index in [9.17, 15) is 0 Å². The average molecular weight is 210 g/mol. The largest absolute Gasteiger partial charge is 0.328 e. The first-order chi connectivity index (χ1) is 6.77. The molecule has 3 heteroatoms. The van der Waals surface area contributed by atoms with Gasteiger partial charge in [-0.2, -0.15) is 0 Å². The Morgan fingerprint density at radius 2 is 2.21 bits per heavy atom. The molecule has 1 saturated heterocycles. The molecule has 78 valence electrons. The van der Waals surface area contributed by atoms with Crippen molar-refractivity contribution in [1.82, 2.24) is 4.90 Å². The van der Waals surface area contributed by atoms with Crippen LogP contribution in [0.3, 0.4) is 0 Å². The number of hydrogen-bond acceptors (Lipinski definition) is 3. The lowest BCUT2D eigenvalue weighted by Crippen LogP contribution is -2.47. The molecule has 2 rings (SSSR count). The van der Waals surface area contributed by atoms with Crippen LogP contribution in [0.2, 0.25) is 0 Å². The van der Waals surface area contributed by atoms with Gasteiger partial charge in [0.15, 0.2) is 0 Å². The van der Waals surface area contributed by atoms with Crippen LogP contribution in [-0.4, -0.2) is 24.5 Å². The van der Waals surface area contributed by atoms with E-state index < -0.39 is 0 Å². The van der Waals surface area contributed by atoms with E-state index in [4.69, 9.17) is 5.73 Å². The second-order valence-electron chi connectivity index (χ2n) is 4.15. The summed E-state index contributed by atoms with van der Waals surface area (Å²) in [5.74, 6) is 0. The summed E-state index contributed by atoms with van der Waals surface area (Å²) >= 11 is 1.82. The third-order valence-corrected chi connectivity index (χ3v) is 4.38. The van der Waals surface area contributed by atoms with Crippen LogP contribution in [0.5, 0.6) is 0 Å². The zero-order valence-electron chi connectivity index (χ0n) is 8.70. The van der Waals surface area contributed by atoms with E-state index in [1.807, 2.05) is 11.3 Å². The number of nitrogens with zero attached hydrogens (tertiary/aromatic N) is 1. The van der Waals surface area contributed by atoms with Gasteiger partial charge in [-0.15, -0.1) is 11.3 Å². The lowest BCUT2D eigenvalue weighted by Gasteiger charge is -2.37. The van der Waals surface area contributed by atoms with Crippen LogP contribution in [0, 0.1) is 0 Å². The van der Waals surface area contributed by atoms with Crippen LogP contribution < -0.4 is 5.73 Å². The average Bonchev–Trinajstić information content (AvgIpc) is 2.88. The van der Waals surface area contributed by atoms with Crippen molar-refractivity contribution < 1.29 is 0 Å². The summed E-state index contributed by atoms with van der Waals surface area (Å²) in [4.78, 5) is 3.93. The van der Waals surface area contributed by atoms with E-state index >= 15 is 0 Å². The Kier molecular flexibility index (Phi) is 2.91. The molecule has 1 aromatic rings. The van der Waals surface area contributed by atoms with Crippen molar-refractivity contribution in [3.8, 4) is 0 Å². The highest BCUT2D eigenvalue weighted by Gasteiger charge is 2.34. The van der Waals surface area contributed by atoms with Gasteiger partial charge < -0.3 is 5.73 Å². The SMILES string of the molecule is CC(CN)(c1cccs1)N1CCCC1. The van der Waals surface area contributed by atoms with E-state index in [1.54, 1.807) is 0 Å². The molecule has 2 nitrogen and oxygen atoms in total. The van der Waals surface area contributed by atoms with Gasteiger partial charge in [0.05, 0.1) is 5.54 Å². The lowest BCUT2D eigenvalue weighted by atomic mass is 9.98. The van der Waals surface area contributed by atoms with Crippen molar-refractivity contribution >= 4 is 11.3 Å². The molecule has 1 aliphatic heterocycles. The molecule has 2 N–H and O–H groups in total. The quantitative estimate of drug-likeness (QED) is 0.827. The van der Waals surface area contributed by atoms with Gasteiger partial charge in [-0.1, -0.05) is 6.07 Å². The second kappa shape index (κ2) is 4.01. The Balaban J connectivity index is 2.24. The van der Waals surface area contributed by atoms with E-state index in [0.717, 1.165) is 0 Å². The summed E-state index contributed by atoms with van der Waals surface area (Å²) in [5, 5.41) is 2.14. The number of likely N-dealkylation sites (tertiary alicyclic amines) is 1. The van der Waals surface area contributed by atoms with E-state index in [1.165, 1.54) is 30.8 Å². The molecular formula is C11H18N2S. The van der Waals surface area contributed by atoms with Crippen molar-refractivity contribution in [2.45, 2.75) is 25.3 Å². The minimum absolute atomic E-state index is 0.0741. The third-order valence-electron chi connectivity index (χ3n) is 3.25. The summed E-state index contributed by atoms with van der Waals surface area (Å²) in [5.41, 5.74) is 6.02. The van der Waals surface area contributed by atoms with Crippen LogP contribution in [0.4, 0.5) is 0 Å². The normalized spacial score (nSPS) is 22.4. The predicted molar refractivity (Wildman–Crippen MR) is 61.5 cm³/mol. The Morgan fingerprint density at radius 1 is 1.50 bits per heavy atom. The van der Waals surface area contributed by atoms with E-state index in [0.29, 0.717) is 6.54 Å². The van der Waals surface area contributed by atoms with Crippen LogP contribution >= 0.6 is 11.3 Å². The fourth-order valence-corrected chi connectivity index (χ4v) is 3.11. The van der Waals surface area contributed by atoms with Gasteiger partial charge in [-0.3, -0.25) is 4.90 Å². The Hall–Kier alpha value is -0.380. The molecule has 0 bridgehead atoms. The summed E-state index contributed by atoms with van der Waals surface area (Å²) in [6.07, 6.45) is 2.64. The molecule has 1 fully saturated rings. The zero-order valence-corrected chi connectivity index (χ0v) is 9.52. The van der Waals surface area contributed by atoms with Crippen LogP contribution in [0.1, 0.15) is 24.6 Å². The summed E-state index contributed by atoms with van der Waals surface area (Å²) < 4.78 is 0. The van der Waals surface area contributed by atoms with Gasteiger partial charge in [0.25, 0.3) is 0 Å². The molecule has 0 radical (unpaired) electrons. The number of hydrogen-bond donors (Lipinski definition) is 1. The molecule has 2 heterocycles. The molecule has 0 aliphatic carbocycles. The Morgan fingerprint density at radius 3 is 2.71 bits per heavy atom. The summed E-state index contributed by atoms with van der Waals surface area (Å²) in [6, 6.07) is 4.32. The Labute approximate surface area is 89.7 Å². The molecule has 1 aliphatic rings. The lowest BCUT2D eigenvalue weighted by molar-refractivity contribution is 0.147. The van der Waals surface area contributed by atoms with Gasteiger partial charge in [0.1, 0.15) is 0 Å². The molecule has 1 unspecified atom stereocenters. The standard InChI is InChI=1S/C11H18N2S/c1-11(9-12,10-5-4-8-14-10)13-6-2-3-7-13/h4-5,8H,2-3,6-7,9,12H2,1H3. The van der Waals surface area contributed by atoms with Gasteiger partial charge in [-0.05, 0) is 44.3 Å². The highest BCUT2D eigenvalue weighted by atomic mass is 32.1. The highest BCUT2D eigenvalue weighted by Crippen LogP contribution is 2.33. The molecular weight excluding hydrogens is 192 g/mol. The molecule has 14 heavy (non-hydrogen) atoms. The minimum Gasteiger partial charge on any atom is -0.328 e. The highest BCUT2D eigenvalue weighted by molar-refractivity contribution is 7.10. The zero-order chi connectivity index (χ0) is 10.0. The first-order valence-corrected chi connectivity index (χ1v) is 6.14. The topological polar surface area (TPSA) is 29.3 Å². The summed E-state index contributed by atoms with van der Waals surface area (Å²) in [6.45, 7) is 5.38. The van der Waals surface area contributed by atoms with E-state index in [2.05, 4.69) is 29.3 Å². The second-order valence-corrected chi connectivity index (χ2v) is 5.10. The molecule has 0 saturated carbocycles. The van der Waals surface area contributed by atoms with Gasteiger partial charge in [0, 0.05) is 11.4 Å². The maximum absolute atomic E-state index is 5.94. The summed E-state index contributed by atoms with van der Waals surface area (Å²) in [7, 11) is 0. The van der Waals surface area contributed by atoms with Gasteiger partial charge in [-0.25, -0.2) is 0 Å². The number of nitrogens with two attached hydrogens (primary N) is 1. The Bertz CT molecular complexity index is 277. The van der Waals surface area contributed by atoms with Crippen molar-refractivity contribution in [3.63, 3.8) is 0 Å². The van der Waals surface area contributed by atoms with Crippen molar-refractivity contribution in [2.24, 2.45) is 5.73 Å². The fraction of sp³-hybridized carbons (Fsp3) is 0.636. The maximum atomic E-state index is 5.94. The van der Waals surface area contributed by atoms with Crippen molar-refractivity contribution in [3.05, 3.63) is 22.4 Å². The van der Waals surface area contributed by atoms with Crippen LogP contribution in [-0.2, 0) is 5.54 Å². The molecule has 1 atom stereocenters. The van der Waals surface area contributed by atoms with E-state index in [-0.39, 0.29) is 5.54 Å². The van der Waals surface area contributed by atoms with Gasteiger partial charge >= 0.3 is 0 Å². The number of rotatable bonds is 3. The van der Waals surface area contributed by atoms with Crippen LogP contribution in [0.25, 0.3) is 0 Å². The molecule has 0 aromatic carbocycles. The smallest absolute Gasteiger partial charge is 0.0648 e. The van der Waals surface area contributed by atoms with Crippen molar-refractivity contribution in [1.29, 1.82) is 0 Å². The molecule has 0 spiro atoms. The first-order valence-electron chi connectivity index (χ1n) is 5.26. The van der Waals surface area contributed by atoms with Crippen molar-refractivity contribution in [2.75, 3.05) is 19.6 Å². The predicted octanol–water partition coefficient (Wildman–Crippen LogP) is 2.02. The van der Waals surface area contributed by atoms with Gasteiger partial charge in [0.2, 0.25) is 0 Å².